The lowest BCUT2D eigenvalue weighted by Gasteiger charge is -2.23. The van der Waals surface area contributed by atoms with Crippen molar-refractivity contribution >= 4 is 11.9 Å². The maximum Gasteiger partial charge on any atom is 0.335 e. The Hall–Kier alpha value is -1.48. The molecular weight excluding hydrogens is 306 g/mol. The Morgan fingerprint density at radius 2 is 1.52 bits per heavy atom. The van der Waals surface area contributed by atoms with Gasteiger partial charge in [-0.3, -0.25) is 4.79 Å². The lowest BCUT2D eigenvalue weighted by Crippen LogP contribution is -2.52. The van der Waals surface area contributed by atoms with Crippen LogP contribution in [0.1, 0.15) is 45.4 Å². The van der Waals surface area contributed by atoms with Gasteiger partial charge in [-0.1, -0.05) is 38.7 Å². The molecule has 0 aliphatic rings. The molecule has 0 aromatic heterocycles. The summed E-state index contributed by atoms with van der Waals surface area (Å²) >= 11 is 0. The fourth-order valence-corrected chi connectivity index (χ4v) is 1.85. The summed E-state index contributed by atoms with van der Waals surface area (Å²) in [7, 11) is 0. The van der Waals surface area contributed by atoms with Crippen LogP contribution in [0.25, 0.3) is 0 Å². The van der Waals surface area contributed by atoms with Gasteiger partial charge in [-0.2, -0.15) is 0 Å². The van der Waals surface area contributed by atoms with Crippen LogP contribution < -0.4 is 5.32 Å². The predicted octanol–water partition coefficient (Wildman–Crippen LogP) is -0.495. The number of hydrogen-bond donors (Lipinski definition) is 6. The van der Waals surface area contributed by atoms with Crippen molar-refractivity contribution in [3.05, 3.63) is 12.3 Å². The molecule has 0 saturated heterocycles. The Morgan fingerprint density at radius 1 is 0.957 bits per heavy atom. The summed E-state index contributed by atoms with van der Waals surface area (Å²) in [5.41, 5.74) is 0. The number of allylic oxidation sites excluding steroid dienone is 1. The highest BCUT2D eigenvalue weighted by atomic mass is 16.4. The van der Waals surface area contributed by atoms with Gasteiger partial charge in [0.25, 0.3) is 5.91 Å². The summed E-state index contributed by atoms with van der Waals surface area (Å²) < 4.78 is 0. The maximum atomic E-state index is 11.5. The number of aliphatic carboxylic acids is 1. The smallest absolute Gasteiger partial charge is 0.335 e. The van der Waals surface area contributed by atoms with E-state index in [1.807, 2.05) is 0 Å². The zero-order chi connectivity index (χ0) is 17.8. The molecule has 0 saturated carbocycles. The standard InChI is InChI=1S/C15H27NO7/c1-2-3-4-5-6-7-8-9-16-14(21)12(19)10(17)11(18)13(20)15(22)23/h8-13,17-20H,2-7H2,1H3,(H,16,21)(H,22,23)/t10-,11-,12+,13-/m1/s1. The molecule has 0 fully saturated rings. The monoisotopic (exact) mass is 333 g/mol. The number of carboxylic acid groups (broad SMARTS) is 1. The Morgan fingerprint density at radius 3 is 2.09 bits per heavy atom. The van der Waals surface area contributed by atoms with Gasteiger partial charge in [0, 0.05) is 0 Å². The SMILES string of the molecule is CCCCCCCC=CNC(=O)[C@@H](O)[C@H](O)[C@@H](O)[C@@H](O)C(=O)O. The fraction of sp³-hybridized carbons (Fsp3) is 0.733. The third kappa shape index (κ3) is 8.65. The second-order valence-corrected chi connectivity index (χ2v) is 5.32. The van der Waals surface area contributed by atoms with Crippen molar-refractivity contribution in [1.82, 2.24) is 5.32 Å². The van der Waals surface area contributed by atoms with Gasteiger partial charge >= 0.3 is 5.97 Å². The van der Waals surface area contributed by atoms with Gasteiger partial charge in [0.2, 0.25) is 0 Å². The molecule has 23 heavy (non-hydrogen) atoms. The lowest BCUT2D eigenvalue weighted by molar-refractivity contribution is -0.166. The second kappa shape index (κ2) is 12.0. The number of carboxylic acids is 1. The predicted molar refractivity (Wildman–Crippen MR) is 82.3 cm³/mol. The minimum absolute atomic E-state index is 0.753. The van der Waals surface area contributed by atoms with E-state index in [-0.39, 0.29) is 0 Å². The van der Waals surface area contributed by atoms with E-state index >= 15 is 0 Å². The van der Waals surface area contributed by atoms with E-state index in [1.165, 1.54) is 12.6 Å². The number of aliphatic hydroxyl groups is 4. The van der Waals surface area contributed by atoms with Crippen LogP contribution in [-0.4, -0.2) is 61.8 Å². The molecule has 0 bridgehead atoms. The average Bonchev–Trinajstić information content (AvgIpc) is 2.54. The Balaban J connectivity index is 4.12. The van der Waals surface area contributed by atoms with Crippen LogP contribution in [0.15, 0.2) is 12.3 Å². The number of hydrogen-bond acceptors (Lipinski definition) is 6. The van der Waals surface area contributed by atoms with Crippen molar-refractivity contribution in [3.8, 4) is 0 Å². The van der Waals surface area contributed by atoms with Gasteiger partial charge in [0.05, 0.1) is 0 Å². The molecule has 8 nitrogen and oxygen atoms in total. The van der Waals surface area contributed by atoms with Crippen LogP contribution in [0.3, 0.4) is 0 Å². The molecule has 134 valence electrons. The van der Waals surface area contributed by atoms with Gasteiger partial charge in [-0.25, -0.2) is 4.79 Å². The van der Waals surface area contributed by atoms with E-state index in [9.17, 15) is 24.9 Å². The quantitative estimate of drug-likeness (QED) is 0.264. The number of carbonyl (C=O) groups is 2. The van der Waals surface area contributed by atoms with Gasteiger partial charge in [-0.05, 0) is 19.0 Å². The van der Waals surface area contributed by atoms with Crippen LogP contribution in [0.2, 0.25) is 0 Å². The third-order valence-electron chi connectivity index (χ3n) is 3.34. The second-order valence-electron chi connectivity index (χ2n) is 5.32. The highest BCUT2D eigenvalue weighted by Crippen LogP contribution is 2.07. The zero-order valence-corrected chi connectivity index (χ0v) is 13.3. The van der Waals surface area contributed by atoms with Crippen molar-refractivity contribution in [2.75, 3.05) is 0 Å². The molecule has 0 heterocycles. The van der Waals surface area contributed by atoms with E-state index < -0.39 is 36.3 Å². The fourth-order valence-electron chi connectivity index (χ4n) is 1.85. The van der Waals surface area contributed by atoms with Crippen molar-refractivity contribution in [3.63, 3.8) is 0 Å². The third-order valence-corrected chi connectivity index (χ3v) is 3.34. The van der Waals surface area contributed by atoms with E-state index in [1.54, 1.807) is 6.08 Å². The van der Waals surface area contributed by atoms with Crippen LogP contribution in [0, 0.1) is 0 Å². The zero-order valence-electron chi connectivity index (χ0n) is 13.3. The van der Waals surface area contributed by atoms with E-state index in [2.05, 4.69) is 12.2 Å². The van der Waals surface area contributed by atoms with E-state index in [0.29, 0.717) is 0 Å². The Labute approximate surface area is 135 Å². The van der Waals surface area contributed by atoms with Gasteiger partial charge in [0.1, 0.15) is 12.2 Å². The number of aliphatic hydroxyl groups excluding tert-OH is 4. The van der Waals surface area contributed by atoms with Crippen LogP contribution in [0.5, 0.6) is 0 Å². The minimum atomic E-state index is -2.30. The lowest BCUT2D eigenvalue weighted by atomic mass is 10.0. The molecule has 6 N–H and O–H groups in total. The summed E-state index contributed by atoms with van der Waals surface area (Å²) in [6, 6.07) is 0. The molecule has 0 rings (SSSR count). The first-order valence-electron chi connectivity index (χ1n) is 7.73. The molecule has 0 aliphatic carbocycles. The Bertz CT molecular complexity index is 386. The van der Waals surface area contributed by atoms with Crippen molar-refractivity contribution in [2.45, 2.75) is 69.9 Å². The topological polar surface area (TPSA) is 147 Å². The summed E-state index contributed by atoms with van der Waals surface area (Å²) in [6.07, 6.45) is 0.675. The van der Waals surface area contributed by atoms with Crippen molar-refractivity contribution < 1.29 is 35.1 Å². The molecule has 0 spiro atoms. The number of nitrogens with one attached hydrogen (secondary N) is 1. The molecule has 4 atom stereocenters. The van der Waals surface area contributed by atoms with Gasteiger partial charge in [0.15, 0.2) is 12.2 Å². The first-order valence-corrected chi connectivity index (χ1v) is 7.73. The maximum absolute atomic E-state index is 11.5. The molecule has 0 unspecified atom stereocenters. The highest BCUT2D eigenvalue weighted by molar-refractivity contribution is 5.82. The number of rotatable bonds is 12. The number of amides is 1. The van der Waals surface area contributed by atoms with Crippen LogP contribution >= 0.6 is 0 Å². The summed E-state index contributed by atoms with van der Waals surface area (Å²) in [6.45, 7) is 2.13. The average molecular weight is 333 g/mol. The molecule has 0 aromatic rings. The molecule has 0 radical (unpaired) electrons. The van der Waals surface area contributed by atoms with E-state index in [0.717, 1.165) is 32.1 Å². The Kier molecular flexibility index (Phi) is 11.2. The summed E-state index contributed by atoms with van der Waals surface area (Å²) in [5.74, 6) is -2.77. The first kappa shape index (κ1) is 21.5. The first-order chi connectivity index (χ1) is 10.8. The number of carbonyl (C=O) groups excluding carboxylic acids is 1. The molecule has 0 aliphatic heterocycles. The number of unbranched alkanes of at least 4 members (excludes halogenated alkanes) is 5. The van der Waals surface area contributed by atoms with Crippen LogP contribution in [0.4, 0.5) is 0 Å². The molecule has 0 aromatic carbocycles. The highest BCUT2D eigenvalue weighted by Gasteiger charge is 2.37. The largest absolute Gasteiger partial charge is 0.479 e. The molecular formula is C15H27NO7. The van der Waals surface area contributed by atoms with E-state index in [4.69, 9.17) is 10.2 Å². The summed E-state index contributed by atoms with van der Waals surface area (Å²) in [5, 5.41) is 48.1. The minimum Gasteiger partial charge on any atom is -0.479 e. The van der Waals surface area contributed by atoms with Gasteiger partial charge < -0.3 is 30.8 Å². The van der Waals surface area contributed by atoms with Crippen LogP contribution in [-0.2, 0) is 9.59 Å². The summed E-state index contributed by atoms with van der Waals surface area (Å²) in [4.78, 5) is 22.0. The van der Waals surface area contributed by atoms with Crippen molar-refractivity contribution in [1.29, 1.82) is 0 Å². The molecule has 1 amide bonds. The normalized spacial score (nSPS) is 16.7. The molecule has 8 heteroatoms. The van der Waals surface area contributed by atoms with Crippen molar-refractivity contribution in [2.24, 2.45) is 0 Å². The van der Waals surface area contributed by atoms with Gasteiger partial charge in [-0.15, -0.1) is 0 Å².